The van der Waals surface area contributed by atoms with Crippen LogP contribution < -0.4 is 4.72 Å². The van der Waals surface area contributed by atoms with Crippen LogP contribution in [0.25, 0.3) is 0 Å². The van der Waals surface area contributed by atoms with Crippen LogP contribution in [-0.2, 0) is 21.2 Å². The van der Waals surface area contributed by atoms with Crippen molar-refractivity contribution in [2.24, 2.45) is 5.92 Å². The van der Waals surface area contributed by atoms with Gasteiger partial charge in [-0.1, -0.05) is 12.1 Å². The van der Waals surface area contributed by atoms with Crippen molar-refractivity contribution < 1.29 is 17.6 Å². The van der Waals surface area contributed by atoms with Gasteiger partial charge in [0.05, 0.1) is 6.26 Å². The van der Waals surface area contributed by atoms with Crippen molar-refractivity contribution >= 4 is 15.9 Å². The number of carbonyl (C=O) groups excluding carboxylic acids is 1. The molecule has 1 unspecified atom stereocenters. The van der Waals surface area contributed by atoms with Gasteiger partial charge in [-0.15, -0.1) is 0 Å². The monoisotopic (exact) mass is 342 g/mol. The Morgan fingerprint density at radius 2 is 1.96 bits per heavy atom. The molecule has 0 aliphatic carbocycles. The quantitative estimate of drug-likeness (QED) is 0.883. The van der Waals surface area contributed by atoms with Crippen molar-refractivity contribution in [3.05, 3.63) is 35.6 Å². The second kappa shape index (κ2) is 6.57. The van der Waals surface area contributed by atoms with Gasteiger partial charge in [-0.3, -0.25) is 4.79 Å². The highest BCUT2D eigenvalue weighted by Gasteiger charge is 2.37. The zero-order chi connectivity index (χ0) is 17.3. The van der Waals surface area contributed by atoms with Crippen molar-refractivity contribution in [1.29, 1.82) is 0 Å². The van der Waals surface area contributed by atoms with Crippen LogP contribution in [0.2, 0.25) is 0 Å². The van der Waals surface area contributed by atoms with Crippen molar-refractivity contribution in [1.82, 2.24) is 9.62 Å². The summed E-state index contributed by atoms with van der Waals surface area (Å²) >= 11 is 0. The normalized spacial score (nSPS) is 19.1. The third kappa shape index (κ3) is 5.00. The zero-order valence-electron chi connectivity index (χ0n) is 13.7. The molecule has 0 saturated carbocycles. The van der Waals surface area contributed by atoms with Crippen LogP contribution >= 0.6 is 0 Å². The Labute approximate surface area is 136 Å². The molecule has 1 atom stereocenters. The molecule has 1 N–H and O–H groups in total. The molecule has 1 aliphatic heterocycles. The van der Waals surface area contributed by atoms with Gasteiger partial charge in [0, 0.05) is 13.1 Å². The second-order valence-electron chi connectivity index (χ2n) is 6.74. The van der Waals surface area contributed by atoms with Crippen LogP contribution in [0.3, 0.4) is 0 Å². The first-order valence-electron chi connectivity index (χ1n) is 7.59. The molecule has 1 aliphatic rings. The van der Waals surface area contributed by atoms with E-state index in [1.54, 1.807) is 30.9 Å². The molecule has 5 nitrogen and oxygen atoms in total. The Morgan fingerprint density at radius 3 is 2.52 bits per heavy atom. The predicted molar refractivity (Wildman–Crippen MR) is 86.8 cm³/mol. The number of carbonyl (C=O) groups is 1. The molecule has 1 heterocycles. The summed E-state index contributed by atoms with van der Waals surface area (Å²) in [5.74, 6) is -0.173. The summed E-state index contributed by atoms with van der Waals surface area (Å²) in [6.07, 6.45) is 2.69. The minimum atomic E-state index is -3.46. The van der Waals surface area contributed by atoms with Gasteiger partial charge >= 0.3 is 0 Å². The molecular weight excluding hydrogens is 319 g/mol. The van der Waals surface area contributed by atoms with Gasteiger partial charge in [-0.05, 0) is 50.3 Å². The van der Waals surface area contributed by atoms with E-state index in [1.165, 1.54) is 12.1 Å². The van der Waals surface area contributed by atoms with Gasteiger partial charge < -0.3 is 4.90 Å². The van der Waals surface area contributed by atoms with Crippen molar-refractivity contribution in [2.75, 3.05) is 19.3 Å². The molecule has 1 saturated heterocycles. The van der Waals surface area contributed by atoms with Crippen LogP contribution in [0, 0.1) is 11.7 Å². The van der Waals surface area contributed by atoms with Crippen LogP contribution in [0.1, 0.15) is 25.8 Å². The fourth-order valence-electron chi connectivity index (χ4n) is 3.04. The first-order valence-corrected chi connectivity index (χ1v) is 9.49. The lowest BCUT2D eigenvalue weighted by Gasteiger charge is -2.29. The summed E-state index contributed by atoms with van der Waals surface area (Å²) in [6.45, 7) is 4.35. The molecule has 0 radical (unpaired) electrons. The van der Waals surface area contributed by atoms with Gasteiger partial charge in [0.1, 0.15) is 11.4 Å². The Kier molecular flexibility index (Phi) is 5.10. The Bertz CT molecular complexity index is 671. The highest BCUT2D eigenvalue weighted by Crippen LogP contribution is 2.23. The standard InChI is InChI=1S/C16H23FN2O3S/c1-16(2,18-23(3,21)22)15(20)19-9-8-13(11-19)10-12-4-6-14(17)7-5-12/h4-7,13,18H,8-11H2,1-3H3. The van der Waals surface area contributed by atoms with Crippen molar-refractivity contribution in [3.8, 4) is 0 Å². The molecule has 0 aromatic heterocycles. The highest BCUT2D eigenvalue weighted by atomic mass is 32.2. The van der Waals surface area contributed by atoms with Crippen LogP contribution in [-0.4, -0.2) is 44.1 Å². The first-order chi connectivity index (χ1) is 10.6. The molecule has 7 heteroatoms. The molecule has 2 rings (SSSR count). The average Bonchev–Trinajstić information content (AvgIpc) is 2.86. The van der Waals surface area contributed by atoms with E-state index >= 15 is 0 Å². The first kappa shape index (κ1) is 17.9. The van der Waals surface area contributed by atoms with Gasteiger partial charge in [-0.2, -0.15) is 0 Å². The molecule has 0 spiro atoms. The maximum absolute atomic E-state index is 12.9. The lowest BCUT2D eigenvalue weighted by molar-refractivity contribution is -0.135. The summed E-state index contributed by atoms with van der Waals surface area (Å²) < 4.78 is 38.1. The smallest absolute Gasteiger partial charge is 0.243 e. The van der Waals surface area contributed by atoms with E-state index in [2.05, 4.69) is 4.72 Å². The van der Waals surface area contributed by atoms with Gasteiger partial charge in [-0.25, -0.2) is 17.5 Å². The lowest BCUT2D eigenvalue weighted by Crippen LogP contribution is -2.55. The third-order valence-corrected chi connectivity index (χ3v) is 4.87. The minimum absolute atomic E-state index is 0.218. The molecule has 128 valence electrons. The van der Waals surface area contributed by atoms with Crippen molar-refractivity contribution in [3.63, 3.8) is 0 Å². The Morgan fingerprint density at radius 1 is 1.35 bits per heavy atom. The van der Waals surface area contributed by atoms with Crippen LogP contribution in [0.15, 0.2) is 24.3 Å². The van der Waals surface area contributed by atoms with E-state index in [0.717, 1.165) is 24.7 Å². The number of rotatable bonds is 5. The molecule has 23 heavy (non-hydrogen) atoms. The molecular formula is C16H23FN2O3S. The summed E-state index contributed by atoms with van der Waals surface area (Å²) in [5, 5.41) is 0. The fourth-order valence-corrected chi connectivity index (χ4v) is 4.05. The number of nitrogens with one attached hydrogen (secondary N) is 1. The number of nitrogens with zero attached hydrogens (tertiary/aromatic N) is 1. The summed E-state index contributed by atoms with van der Waals surface area (Å²) in [7, 11) is -3.46. The van der Waals surface area contributed by atoms with E-state index in [4.69, 9.17) is 0 Å². The van der Waals surface area contributed by atoms with Crippen LogP contribution in [0.5, 0.6) is 0 Å². The summed E-state index contributed by atoms with van der Waals surface area (Å²) in [6, 6.07) is 6.39. The van der Waals surface area contributed by atoms with E-state index in [-0.39, 0.29) is 11.7 Å². The molecule has 1 amide bonds. The van der Waals surface area contributed by atoms with E-state index in [9.17, 15) is 17.6 Å². The summed E-state index contributed by atoms with van der Waals surface area (Å²) in [5.41, 5.74) is -0.113. The number of hydrogen-bond donors (Lipinski definition) is 1. The second-order valence-corrected chi connectivity index (χ2v) is 8.48. The maximum Gasteiger partial charge on any atom is 0.243 e. The maximum atomic E-state index is 12.9. The Hall–Kier alpha value is -1.47. The topological polar surface area (TPSA) is 66.5 Å². The molecule has 1 fully saturated rings. The molecule has 1 aromatic carbocycles. The van der Waals surface area contributed by atoms with Crippen molar-refractivity contribution in [2.45, 2.75) is 32.2 Å². The zero-order valence-corrected chi connectivity index (χ0v) is 14.5. The number of likely N-dealkylation sites (tertiary alicyclic amines) is 1. The average molecular weight is 342 g/mol. The number of sulfonamides is 1. The highest BCUT2D eigenvalue weighted by molar-refractivity contribution is 7.88. The Balaban J connectivity index is 1.96. The fraction of sp³-hybridized carbons (Fsp3) is 0.562. The van der Waals surface area contributed by atoms with E-state index < -0.39 is 15.6 Å². The number of benzene rings is 1. The number of halogens is 1. The van der Waals surface area contributed by atoms with Gasteiger partial charge in [0.15, 0.2) is 0 Å². The largest absolute Gasteiger partial charge is 0.341 e. The SMILES string of the molecule is CC(C)(NS(C)(=O)=O)C(=O)N1CCC(Cc2ccc(F)cc2)C1. The van der Waals surface area contributed by atoms with Gasteiger partial charge in [0.2, 0.25) is 15.9 Å². The molecule has 0 bridgehead atoms. The number of hydrogen-bond acceptors (Lipinski definition) is 3. The lowest BCUT2D eigenvalue weighted by atomic mass is 9.98. The minimum Gasteiger partial charge on any atom is -0.341 e. The number of amides is 1. The van der Waals surface area contributed by atoms with E-state index in [1.807, 2.05) is 0 Å². The van der Waals surface area contributed by atoms with E-state index in [0.29, 0.717) is 19.0 Å². The molecule has 1 aromatic rings. The summed E-state index contributed by atoms with van der Waals surface area (Å²) in [4.78, 5) is 14.2. The third-order valence-electron chi connectivity index (χ3n) is 3.99. The van der Waals surface area contributed by atoms with Gasteiger partial charge in [0.25, 0.3) is 0 Å². The van der Waals surface area contributed by atoms with Crippen LogP contribution in [0.4, 0.5) is 4.39 Å². The predicted octanol–water partition coefficient (Wildman–Crippen LogP) is 1.54.